The van der Waals surface area contributed by atoms with Crippen LogP contribution in [0.4, 0.5) is 5.82 Å². The highest BCUT2D eigenvalue weighted by atomic mass is 16.2. The number of nitrogens with two attached hydrogens (primary N) is 1. The predicted octanol–water partition coefficient (Wildman–Crippen LogP) is 0.200. The Hall–Kier alpha value is -1.56. The van der Waals surface area contributed by atoms with E-state index in [4.69, 9.17) is 5.73 Å². The number of fused-ring (bicyclic) bond motifs is 1. The van der Waals surface area contributed by atoms with Crippen LogP contribution in [0.1, 0.15) is 24.3 Å². The van der Waals surface area contributed by atoms with E-state index in [2.05, 4.69) is 23.8 Å². The highest BCUT2D eigenvalue weighted by Crippen LogP contribution is 2.25. The quantitative estimate of drug-likeness (QED) is 0.750. The molecule has 1 aromatic rings. The molecule has 88 valence electrons. The van der Waals surface area contributed by atoms with E-state index in [1.165, 1.54) is 11.2 Å². The van der Waals surface area contributed by atoms with Crippen molar-refractivity contribution >= 4 is 11.7 Å². The minimum atomic E-state index is -0.428. The van der Waals surface area contributed by atoms with Crippen LogP contribution in [0.3, 0.4) is 0 Å². The normalized spacial score (nSPS) is 20.6. The number of carbonyl (C=O) groups excluding carboxylic acids is 1. The Morgan fingerprint density at radius 3 is 2.94 bits per heavy atom. The van der Waals surface area contributed by atoms with E-state index < -0.39 is 6.29 Å². The molecule has 0 spiro atoms. The summed E-state index contributed by atoms with van der Waals surface area (Å²) in [6.07, 6.45) is 1.10. The number of nitrogens with zero attached hydrogens (tertiary/aromatic N) is 3. The van der Waals surface area contributed by atoms with E-state index in [0.29, 0.717) is 11.6 Å². The van der Waals surface area contributed by atoms with Gasteiger partial charge in [0.15, 0.2) is 12.0 Å². The Bertz CT molecular complexity index is 400. The number of H-pyrrole nitrogens is 1. The van der Waals surface area contributed by atoms with Gasteiger partial charge in [0.25, 0.3) is 5.91 Å². The third-order valence-electron chi connectivity index (χ3n) is 2.71. The number of aromatic amines is 1. The molecule has 0 radical (unpaired) electrons. The molecular weight excluding hydrogens is 206 g/mol. The number of nitrogens with one attached hydrogen (secondary N) is 1. The molecule has 1 aliphatic heterocycles. The van der Waals surface area contributed by atoms with Gasteiger partial charge in [-0.1, -0.05) is 13.8 Å². The molecule has 0 saturated heterocycles. The molecule has 6 heteroatoms. The Kier molecular flexibility index (Phi) is 2.59. The lowest BCUT2D eigenvalue weighted by atomic mass is 10.2. The fourth-order valence-corrected chi connectivity index (χ4v) is 1.88. The fourth-order valence-electron chi connectivity index (χ4n) is 1.88. The standard InChI is InChI=1S/C10H17N5O/c1-6(2)4-15-8-7(12-5-13-8)9(16)14(3)10(15)11/h5-6,10H,4,11H2,1-3H3,(H,12,13). The Labute approximate surface area is 94.4 Å². The first-order chi connectivity index (χ1) is 7.52. The van der Waals surface area contributed by atoms with Gasteiger partial charge in [0, 0.05) is 13.6 Å². The predicted molar refractivity (Wildman–Crippen MR) is 60.8 cm³/mol. The van der Waals surface area contributed by atoms with Crippen LogP contribution < -0.4 is 10.6 Å². The summed E-state index contributed by atoms with van der Waals surface area (Å²) < 4.78 is 0. The fraction of sp³-hybridized carbons (Fsp3) is 0.600. The lowest BCUT2D eigenvalue weighted by Gasteiger charge is -2.40. The van der Waals surface area contributed by atoms with Gasteiger partial charge in [-0.2, -0.15) is 0 Å². The van der Waals surface area contributed by atoms with E-state index in [0.717, 1.165) is 12.4 Å². The minimum Gasteiger partial charge on any atom is -0.331 e. The van der Waals surface area contributed by atoms with Gasteiger partial charge in [-0.3, -0.25) is 10.5 Å². The van der Waals surface area contributed by atoms with E-state index in [1.54, 1.807) is 7.05 Å². The summed E-state index contributed by atoms with van der Waals surface area (Å²) in [5.41, 5.74) is 6.47. The molecule has 0 bridgehead atoms. The van der Waals surface area contributed by atoms with Gasteiger partial charge in [0.1, 0.15) is 5.82 Å². The van der Waals surface area contributed by atoms with Gasteiger partial charge in [0.05, 0.1) is 6.33 Å². The zero-order valence-electron chi connectivity index (χ0n) is 9.77. The van der Waals surface area contributed by atoms with Crippen molar-refractivity contribution in [3.8, 4) is 0 Å². The smallest absolute Gasteiger partial charge is 0.278 e. The molecule has 0 fully saturated rings. The average molecular weight is 223 g/mol. The second kappa shape index (κ2) is 3.79. The minimum absolute atomic E-state index is 0.135. The lowest BCUT2D eigenvalue weighted by molar-refractivity contribution is 0.0703. The third kappa shape index (κ3) is 1.55. The van der Waals surface area contributed by atoms with E-state index >= 15 is 0 Å². The van der Waals surface area contributed by atoms with Crippen molar-refractivity contribution in [3.63, 3.8) is 0 Å². The molecule has 3 N–H and O–H groups in total. The van der Waals surface area contributed by atoms with Gasteiger partial charge < -0.3 is 14.8 Å². The molecule has 1 aromatic heterocycles. The number of amides is 1. The average Bonchev–Trinajstić information content (AvgIpc) is 2.69. The molecule has 0 saturated carbocycles. The van der Waals surface area contributed by atoms with Crippen LogP contribution in [0.5, 0.6) is 0 Å². The summed E-state index contributed by atoms with van der Waals surface area (Å²) in [7, 11) is 1.69. The highest BCUT2D eigenvalue weighted by Gasteiger charge is 2.35. The molecule has 1 aliphatic rings. The zero-order chi connectivity index (χ0) is 11.9. The number of hydrogen-bond acceptors (Lipinski definition) is 4. The van der Waals surface area contributed by atoms with Crippen molar-refractivity contribution in [2.24, 2.45) is 11.7 Å². The van der Waals surface area contributed by atoms with Crippen LogP contribution in [0.2, 0.25) is 0 Å². The van der Waals surface area contributed by atoms with Gasteiger partial charge in [-0.25, -0.2) is 4.98 Å². The van der Waals surface area contributed by atoms with Crippen molar-refractivity contribution in [1.29, 1.82) is 0 Å². The summed E-state index contributed by atoms with van der Waals surface area (Å²) in [5.74, 6) is 1.05. The van der Waals surface area contributed by atoms with Gasteiger partial charge in [-0.05, 0) is 5.92 Å². The number of imidazole rings is 1. The highest BCUT2D eigenvalue weighted by molar-refractivity contribution is 5.99. The summed E-state index contributed by atoms with van der Waals surface area (Å²) in [6, 6.07) is 0. The summed E-state index contributed by atoms with van der Waals surface area (Å²) >= 11 is 0. The van der Waals surface area contributed by atoms with Crippen LogP contribution in [-0.2, 0) is 0 Å². The molecule has 16 heavy (non-hydrogen) atoms. The maximum absolute atomic E-state index is 11.9. The van der Waals surface area contributed by atoms with Crippen molar-refractivity contribution in [2.45, 2.75) is 20.1 Å². The first-order valence-electron chi connectivity index (χ1n) is 5.35. The zero-order valence-corrected chi connectivity index (χ0v) is 9.77. The SMILES string of the molecule is CC(C)CN1c2[nH]cnc2C(=O)N(C)C1N. The number of anilines is 1. The van der Waals surface area contributed by atoms with Crippen LogP contribution in [0, 0.1) is 5.92 Å². The molecule has 0 aliphatic carbocycles. The molecule has 2 rings (SSSR count). The Morgan fingerprint density at radius 1 is 1.62 bits per heavy atom. The Balaban J connectivity index is 2.39. The van der Waals surface area contributed by atoms with Crippen molar-refractivity contribution < 1.29 is 4.79 Å². The second-order valence-corrected chi connectivity index (χ2v) is 4.48. The van der Waals surface area contributed by atoms with Crippen molar-refractivity contribution in [2.75, 3.05) is 18.5 Å². The molecule has 6 nitrogen and oxygen atoms in total. The summed E-state index contributed by atoms with van der Waals surface area (Å²) in [6.45, 7) is 5.01. The van der Waals surface area contributed by atoms with Gasteiger partial charge in [0.2, 0.25) is 0 Å². The van der Waals surface area contributed by atoms with Crippen molar-refractivity contribution in [1.82, 2.24) is 14.9 Å². The molecule has 2 heterocycles. The summed E-state index contributed by atoms with van der Waals surface area (Å²) in [5, 5.41) is 0. The lowest BCUT2D eigenvalue weighted by Crippen LogP contribution is -2.59. The van der Waals surface area contributed by atoms with Crippen molar-refractivity contribution in [3.05, 3.63) is 12.0 Å². The van der Waals surface area contributed by atoms with Crippen LogP contribution in [0.25, 0.3) is 0 Å². The molecule has 1 unspecified atom stereocenters. The summed E-state index contributed by atoms with van der Waals surface area (Å²) in [4.78, 5) is 22.3. The topological polar surface area (TPSA) is 78.2 Å². The number of rotatable bonds is 2. The van der Waals surface area contributed by atoms with Crippen LogP contribution in [0.15, 0.2) is 6.33 Å². The Morgan fingerprint density at radius 2 is 2.31 bits per heavy atom. The maximum Gasteiger partial charge on any atom is 0.278 e. The molecular formula is C10H17N5O. The first kappa shape index (κ1) is 10.9. The first-order valence-corrected chi connectivity index (χ1v) is 5.35. The largest absolute Gasteiger partial charge is 0.331 e. The second-order valence-electron chi connectivity index (χ2n) is 4.48. The molecule has 0 aromatic carbocycles. The van der Waals surface area contributed by atoms with Crippen LogP contribution in [-0.4, -0.2) is 40.7 Å². The maximum atomic E-state index is 11.9. The molecule has 1 amide bonds. The van der Waals surface area contributed by atoms with Crippen LogP contribution >= 0.6 is 0 Å². The monoisotopic (exact) mass is 223 g/mol. The van der Waals surface area contributed by atoms with E-state index in [1.807, 2.05) is 4.90 Å². The van der Waals surface area contributed by atoms with E-state index in [9.17, 15) is 4.79 Å². The van der Waals surface area contributed by atoms with Gasteiger partial charge >= 0.3 is 0 Å². The third-order valence-corrected chi connectivity index (χ3v) is 2.71. The number of hydrogen-bond donors (Lipinski definition) is 2. The number of carbonyl (C=O) groups is 1. The molecule has 1 atom stereocenters. The number of aromatic nitrogens is 2. The van der Waals surface area contributed by atoms with E-state index in [-0.39, 0.29) is 5.91 Å². The van der Waals surface area contributed by atoms with Gasteiger partial charge in [-0.15, -0.1) is 0 Å².